The molecule has 1 aromatic rings. The third-order valence-electron chi connectivity index (χ3n) is 4.13. The van der Waals surface area contributed by atoms with Gasteiger partial charge in [-0.25, -0.2) is 0 Å². The summed E-state index contributed by atoms with van der Waals surface area (Å²) in [4.78, 5) is 5.29. The van der Waals surface area contributed by atoms with E-state index in [-0.39, 0.29) is 0 Å². The van der Waals surface area contributed by atoms with Crippen molar-refractivity contribution in [1.29, 1.82) is 0 Å². The summed E-state index contributed by atoms with van der Waals surface area (Å²) in [7, 11) is 0. The van der Waals surface area contributed by atoms with Crippen LogP contribution in [0.2, 0.25) is 0 Å². The lowest BCUT2D eigenvalue weighted by Gasteiger charge is -2.32. The summed E-state index contributed by atoms with van der Waals surface area (Å²) < 4.78 is 0. The zero-order valence-corrected chi connectivity index (χ0v) is 12.7. The van der Waals surface area contributed by atoms with Gasteiger partial charge in [-0.2, -0.15) is 0 Å². The van der Waals surface area contributed by atoms with Crippen LogP contribution in [0.15, 0.2) is 30.3 Å². The molecule has 1 aromatic carbocycles. The zero-order valence-electron chi connectivity index (χ0n) is 12.7. The number of nitrogens with zero attached hydrogens (tertiary/aromatic N) is 2. The number of benzene rings is 1. The average molecular weight is 260 g/mol. The topological polar surface area (TPSA) is 6.48 Å². The highest BCUT2D eigenvalue weighted by Crippen LogP contribution is 2.20. The minimum Gasteiger partial charge on any atom is -0.302 e. The molecule has 0 aliphatic carbocycles. The first kappa shape index (κ1) is 14.5. The normalized spacial score (nSPS) is 20.6. The molecule has 1 aliphatic rings. The van der Waals surface area contributed by atoms with E-state index in [0.29, 0.717) is 6.04 Å². The predicted octanol–water partition coefficient (Wildman–Crippen LogP) is 3.38. The van der Waals surface area contributed by atoms with Crippen LogP contribution >= 0.6 is 0 Å². The molecule has 2 nitrogen and oxygen atoms in total. The molecule has 1 fully saturated rings. The predicted molar refractivity (Wildman–Crippen MR) is 82.3 cm³/mol. The van der Waals surface area contributed by atoms with Gasteiger partial charge in [0, 0.05) is 25.2 Å². The van der Waals surface area contributed by atoms with Crippen LogP contribution in [0.3, 0.4) is 0 Å². The van der Waals surface area contributed by atoms with Gasteiger partial charge in [0.05, 0.1) is 0 Å². The monoisotopic (exact) mass is 260 g/mol. The number of likely N-dealkylation sites (tertiary alicyclic amines) is 1. The van der Waals surface area contributed by atoms with Crippen LogP contribution in [-0.2, 0) is 6.54 Å². The van der Waals surface area contributed by atoms with Gasteiger partial charge in [0.15, 0.2) is 0 Å². The van der Waals surface area contributed by atoms with E-state index in [1.165, 1.54) is 38.0 Å². The van der Waals surface area contributed by atoms with Crippen molar-refractivity contribution >= 4 is 0 Å². The lowest BCUT2D eigenvalue weighted by molar-refractivity contribution is 0.144. The molecule has 0 N–H and O–H groups in total. The maximum absolute atomic E-state index is 2.67. The molecule has 0 saturated carbocycles. The Labute approximate surface area is 118 Å². The fraction of sp³-hybridized carbons (Fsp3) is 0.647. The Hall–Kier alpha value is -0.860. The van der Waals surface area contributed by atoms with Crippen LogP contribution in [0.5, 0.6) is 0 Å². The Morgan fingerprint density at radius 2 is 2.00 bits per heavy atom. The van der Waals surface area contributed by atoms with Crippen molar-refractivity contribution in [3.63, 3.8) is 0 Å². The zero-order chi connectivity index (χ0) is 13.7. The second-order valence-corrected chi connectivity index (χ2v) is 5.99. The van der Waals surface area contributed by atoms with E-state index < -0.39 is 0 Å². The quantitative estimate of drug-likeness (QED) is 0.773. The minimum atomic E-state index is 0.617. The first-order valence-corrected chi connectivity index (χ1v) is 7.72. The fourth-order valence-electron chi connectivity index (χ4n) is 3.13. The third-order valence-corrected chi connectivity index (χ3v) is 4.13. The summed E-state index contributed by atoms with van der Waals surface area (Å²) in [5, 5.41) is 0. The van der Waals surface area contributed by atoms with E-state index in [1.807, 2.05) is 0 Å². The molecule has 0 spiro atoms. The van der Waals surface area contributed by atoms with E-state index in [0.717, 1.165) is 12.6 Å². The van der Waals surface area contributed by atoms with Crippen molar-refractivity contribution in [2.45, 2.75) is 52.2 Å². The molecule has 0 radical (unpaired) electrons. The molecule has 2 heteroatoms. The Morgan fingerprint density at radius 3 is 2.63 bits per heavy atom. The van der Waals surface area contributed by atoms with Gasteiger partial charge in [-0.15, -0.1) is 0 Å². The molecule has 19 heavy (non-hydrogen) atoms. The van der Waals surface area contributed by atoms with Crippen LogP contribution in [-0.4, -0.2) is 41.5 Å². The smallest absolute Gasteiger partial charge is 0.0241 e. The molecular formula is C17H28N2. The Bertz CT molecular complexity index is 361. The van der Waals surface area contributed by atoms with Gasteiger partial charge >= 0.3 is 0 Å². The van der Waals surface area contributed by atoms with Crippen LogP contribution in [0.4, 0.5) is 0 Å². The number of rotatable bonds is 6. The summed E-state index contributed by atoms with van der Waals surface area (Å²) in [6, 6.07) is 12.2. The van der Waals surface area contributed by atoms with Crippen molar-refractivity contribution in [1.82, 2.24) is 9.80 Å². The summed E-state index contributed by atoms with van der Waals surface area (Å²) in [6.07, 6.45) is 2.60. The van der Waals surface area contributed by atoms with Crippen molar-refractivity contribution in [3.8, 4) is 0 Å². The van der Waals surface area contributed by atoms with Gasteiger partial charge in [0.2, 0.25) is 0 Å². The molecule has 0 bridgehead atoms. The summed E-state index contributed by atoms with van der Waals surface area (Å²) in [6.45, 7) is 11.8. The lowest BCUT2D eigenvalue weighted by Crippen LogP contribution is -2.41. The van der Waals surface area contributed by atoms with Gasteiger partial charge in [-0.3, -0.25) is 4.90 Å². The Balaban J connectivity index is 1.97. The Kier molecular flexibility index (Phi) is 5.41. The molecule has 2 rings (SSSR count). The molecule has 1 unspecified atom stereocenters. The van der Waals surface area contributed by atoms with E-state index in [2.05, 4.69) is 60.9 Å². The number of hydrogen-bond donors (Lipinski definition) is 0. The van der Waals surface area contributed by atoms with E-state index in [4.69, 9.17) is 0 Å². The van der Waals surface area contributed by atoms with Crippen molar-refractivity contribution in [2.24, 2.45) is 0 Å². The molecule has 106 valence electrons. The maximum atomic E-state index is 2.67. The van der Waals surface area contributed by atoms with E-state index in [1.54, 1.807) is 0 Å². The molecule has 1 saturated heterocycles. The van der Waals surface area contributed by atoms with E-state index >= 15 is 0 Å². The van der Waals surface area contributed by atoms with E-state index in [9.17, 15) is 0 Å². The number of hydrogen-bond acceptors (Lipinski definition) is 2. The van der Waals surface area contributed by atoms with Gasteiger partial charge in [0.1, 0.15) is 0 Å². The van der Waals surface area contributed by atoms with Gasteiger partial charge in [-0.05, 0) is 45.3 Å². The maximum Gasteiger partial charge on any atom is 0.0241 e. The summed E-state index contributed by atoms with van der Waals surface area (Å²) >= 11 is 0. The highest BCUT2D eigenvalue weighted by molar-refractivity contribution is 5.14. The first-order valence-electron chi connectivity index (χ1n) is 7.72. The SMILES string of the molecule is CCCN1CCC(N(Cc2ccccc2)C(C)C)C1. The van der Waals surface area contributed by atoms with Gasteiger partial charge in [0.25, 0.3) is 0 Å². The van der Waals surface area contributed by atoms with Crippen molar-refractivity contribution in [2.75, 3.05) is 19.6 Å². The average Bonchev–Trinajstić information content (AvgIpc) is 2.85. The van der Waals surface area contributed by atoms with Crippen LogP contribution in [0, 0.1) is 0 Å². The van der Waals surface area contributed by atoms with Crippen LogP contribution < -0.4 is 0 Å². The largest absolute Gasteiger partial charge is 0.302 e. The van der Waals surface area contributed by atoms with Crippen molar-refractivity contribution < 1.29 is 0 Å². The highest BCUT2D eigenvalue weighted by Gasteiger charge is 2.28. The van der Waals surface area contributed by atoms with Gasteiger partial charge < -0.3 is 4.90 Å². The molecule has 1 atom stereocenters. The van der Waals surface area contributed by atoms with Crippen LogP contribution in [0.1, 0.15) is 39.2 Å². The lowest BCUT2D eigenvalue weighted by atomic mass is 10.1. The van der Waals surface area contributed by atoms with Gasteiger partial charge in [-0.1, -0.05) is 37.3 Å². The second-order valence-electron chi connectivity index (χ2n) is 5.99. The highest BCUT2D eigenvalue weighted by atomic mass is 15.3. The molecule has 0 aromatic heterocycles. The minimum absolute atomic E-state index is 0.617. The molecule has 1 heterocycles. The van der Waals surface area contributed by atoms with Crippen LogP contribution in [0.25, 0.3) is 0 Å². The summed E-state index contributed by atoms with van der Waals surface area (Å²) in [5.41, 5.74) is 1.44. The Morgan fingerprint density at radius 1 is 1.26 bits per heavy atom. The van der Waals surface area contributed by atoms with Crippen molar-refractivity contribution in [3.05, 3.63) is 35.9 Å². The third kappa shape index (κ3) is 4.05. The first-order chi connectivity index (χ1) is 9.20. The molecule has 0 amide bonds. The summed E-state index contributed by atoms with van der Waals surface area (Å²) in [5.74, 6) is 0. The second kappa shape index (κ2) is 7.06. The fourth-order valence-corrected chi connectivity index (χ4v) is 3.13. The molecule has 1 aliphatic heterocycles. The standard InChI is InChI=1S/C17H28N2/c1-4-11-18-12-10-17(14-18)19(15(2)3)13-16-8-6-5-7-9-16/h5-9,15,17H,4,10-14H2,1-3H3. The molecular weight excluding hydrogens is 232 g/mol.